The van der Waals surface area contributed by atoms with Gasteiger partial charge in [-0.15, -0.1) is 11.3 Å². The molecule has 0 aliphatic carbocycles. The fourth-order valence-corrected chi connectivity index (χ4v) is 4.79. The van der Waals surface area contributed by atoms with Crippen LogP contribution in [0.25, 0.3) is 10.2 Å². The summed E-state index contributed by atoms with van der Waals surface area (Å²) in [6.45, 7) is 2.37. The number of fused-ring (bicyclic) bond motifs is 1. The molecule has 2 saturated heterocycles. The number of nitrogens with zero attached hydrogens (tertiary/aromatic N) is 2. The Balaban J connectivity index is 1.54. The van der Waals surface area contributed by atoms with Crippen molar-refractivity contribution in [3.63, 3.8) is 0 Å². The van der Waals surface area contributed by atoms with E-state index in [-0.39, 0.29) is 18.0 Å². The molecule has 2 atom stereocenters. The molecule has 6 nitrogen and oxygen atoms in total. The minimum Gasteiger partial charge on any atom is -0.336 e. The second kappa shape index (κ2) is 6.49. The molecule has 1 aromatic heterocycles. The highest BCUT2D eigenvalue weighted by Gasteiger charge is 2.35. The van der Waals surface area contributed by atoms with Gasteiger partial charge in [0, 0.05) is 19.5 Å². The molecule has 2 fully saturated rings. The van der Waals surface area contributed by atoms with Crippen molar-refractivity contribution < 1.29 is 14.5 Å². The number of benzene rings is 1. The molecule has 2 aliphatic rings. The number of amides is 3. The van der Waals surface area contributed by atoms with E-state index in [4.69, 9.17) is 4.98 Å². The predicted molar refractivity (Wildman–Crippen MR) is 92.0 cm³/mol. The smallest absolute Gasteiger partial charge is 0.324 e. The van der Waals surface area contributed by atoms with Gasteiger partial charge < -0.3 is 10.2 Å². The van der Waals surface area contributed by atoms with Gasteiger partial charge >= 0.3 is 6.03 Å². The predicted octanol–water partition coefficient (Wildman–Crippen LogP) is 0.958. The lowest BCUT2D eigenvalue weighted by molar-refractivity contribution is -0.929. The normalized spacial score (nSPS) is 24.3. The summed E-state index contributed by atoms with van der Waals surface area (Å²) in [4.78, 5) is 31.6. The molecule has 1 aromatic carbocycles. The van der Waals surface area contributed by atoms with Gasteiger partial charge in [0.15, 0.2) is 11.6 Å². The lowest BCUT2D eigenvalue weighted by Crippen LogP contribution is -3.14. The zero-order valence-corrected chi connectivity index (χ0v) is 14.3. The average Bonchev–Trinajstić information content (AvgIpc) is 3.21. The number of nitrogens with one attached hydrogen (secondary N) is 2. The lowest BCUT2D eigenvalue weighted by Gasteiger charge is -2.31. The van der Waals surface area contributed by atoms with E-state index < -0.39 is 0 Å². The van der Waals surface area contributed by atoms with Gasteiger partial charge in [0.2, 0.25) is 0 Å². The van der Waals surface area contributed by atoms with Gasteiger partial charge in [0.25, 0.3) is 5.91 Å². The molecule has 3 heterocycles. The van der Waals surface area contributed by atoms with E-state index in [9.17, 15) is 9.59 Å². The summed E-state index contributed by atoms with van der Waals surface area (Å²) >= 11 is 1.73. The third-order valence-corrected chi connectivity index (χ3v) is 6.03. The van der Waals surface area contributed by atoms with E-state index in [1.807, 2.05) is 18.2 Å². The fraction of sp³-hybridized carbons (Fsp3) is 0.471. The van der Waals surface area contributed by atoms with Crippen molar-refractivity contribution in [2.24, 2.45) is 0 Å². The van der Waals surface area contributed by atoms with Crippen LogP contribution < -0.4 is 10.2 Å². The highest BCUT2D eigenvalue weighted by molar-refractivity contribution is 7.18. The highest BCUT2D eigenvalue weighted by Crippen LogP contribution is 2.28. The number of aromatic nitrogens is 1. The van der Waals surface area contributed by atoms with Gasteiger partial charge in [0.05, 0.1) is 16.8 Å². The lowest BCUT2D eigenvalue weighted by atomic mass is 10.0. The fourth-order valence-electron chi connectivity index (χ4n) is 3.63. The number of carbonyl (C=O) groups excluding carboxylic acids is 2. The number of carbonyl (C=O) groups is 2. The van der Waals surface area contributed by atoms with Crippen molar-refractivity contribution in [2.75, 3.05) is 26.2 Å². The molecule has 0 radical (unpaired) electrons. The van der Waals surface area contributed by atoms with Crippen LogP contribution in [0.5, 0.6) is 0 Å². The van der Waals surface area contributed by atoms with Gasteiger partial charge in [-0.3, -0.25) is 9.69 Å². The van der Waals surface area contributed by atoms with Gasteiger partial charge in [-0.1, -0.05) is 12.1 Å². The largest absolute Gasteiger partial charge is 0.336 e. The number of quaternary nitrogens is 1. The first-order valence-corrected chi connectivity index (χ1v) is 9.32. The van der Waals surface area contributed by atoms with Crippen molar-refractivity contribution >= 4 is 33.5 Å². The number of likely N-dealkylation sites (tertiary alicyclic amines) is 1. The second-order valence-corrected chi connectivity index (χ2v) is 7.49. The average molecular weight is 345 g/mol. The molecule has 2 aromatic rings. The first-order chi connectivity index (χ1) is 11.7. The zero-order valence-electron chi connectivity index (χ0n) is 13.5. The molecule has 0 bridgehead atoms. The Hall–Kier alpha value is -1.99. The summed E-state index contributed by atoms with van der Waals surface area (Å²) in [5.41, 5.74) is 1.03. The molecule has 1 unspecified atom stereocenters. The molecule has 7 heteroatoms. The van der Waals surface area contributed by atoms with E-state index in [0.29, 0.717) is 19.6 Å². The minimum atomic E-state index is -0.257. The molecule has 2 N–H and O–H groups in total. The molecule has 0 saturated carbocycles. The molecular weight excluding hydrogens is 324 g/mol. The number of hydrogen-bond acceptors (Lipinski definition) is 4. The maximum Gasteiger partial charge on any atom is 0.324 e. The highest BCUT2D eigenvalue weighted by atomic mass is 32.1. The maximum atomic E-state index is 12.5. The number of piperidine rings is 1. The Bertz CT molecular complexity index is 742. The number of imide groups is 1. The Morgan fingerprint density at radius 3 is 3.04 bits per heavy atom. The number of rotatable bonds is 3. The Morgan fingerprint density at radius 2 is 2.25 bits per heavy atom. The third-order valence-electron chi connectivity index (χ3n) is 4.88. The quantitative estimate of drug-likeness (QED) is 0.871. The third kappa shape index (κ3) is 2.89. The standard InChI is InChI=1S/C17H20N4O2S/c22-15(21-10-8-18-17(21)23)11-20-9-4-3-6-13(20)16-19-12-5-1-2-7-14(12)24-16/h1-2,5,7,13H,3-4,6,8-11H2,(H,18,23)/p+1/t13-/m1/s1. The van der Waals surface area contributed by atoms with Crippen LogP contribution in [-0.2, 0) is 4.79 Å². The van der Waals surface area contributed by atoms with E-state index >= 15 is 0 Å². The topological polar surface area (TPSA) is 66.7 Å². The van der Waals surface area contributed by atoms with E-state index in [1.165, 1.54) is 20.9 Å². The molecule has 4 rings (SSSR count). The Morgan fingerprint density at radius 1 is 1.38 bits per heavy atom. The van der Waals surface area contributed by atoms with Gasteiger partial charge in [-0.05, 0) is 25.0 Å². The monoisotopic (exact) mass is 345 g/mol. The number of urea groups is 1. The summed E-state index contributed by atoms with van der Waals surface area (Å²) in [5, 5.41) is 3.81. The minimum absolute atomic E-state index is 0.0759. The van der Waals surface area contributed by atoms with Crippen LogP contribution in [0.3, 0.4) is 0 Å². The van der Waals surface area contributed by atoms with Crippen LogP contribution in [0, 0.1) is 0 Å². The SMILES string of the molecule is O=C(C[NH+]1CCCC[C@@H]1c1nc2ccccc2s1)N1CCNC1=O. The van der Waals surface area contributed by atoms with Crippen molar-refractivity contribution in [1.82, 2.24) is 15.2 Å². The molecule has 126 valence electrons. The van der Waals surface area contributed by atoms with Crippen LogP contribution >= 0.6 is 11.3 Å². The summed E-state index contributed by atoms with van der Waals surface area (Å²) < 4.78 is 1.20. The number of para-hydroxylation sites is 1. The molecule has 24 heavy (non-hydrogen) atoms. The van der Waals surface area contributed by atoms with Crippen molar-refractivity contribution in [1.29, 1.82) is 0 Å². The Kier molecular flexibility index (Phi) is 4.20. The van der Waals surface area contributed by atoms with E-state index in [2.05, 4.69) is 11.4 Å². The number of thiazole rings is 1. The Labute approximate surface area is 144 Å². The van der Waals surface area contributed by atoms with Crippen LogP contribution in [0.2, 0.25) is 0 Å². The summed E-state index contributed by atoms with van der Waals surface area (Å²) in [6, 6.07) is 8.17. The first-order valence-electron chi connectivity index (χ1n) is 8.50. The van der Waals surface area contributed by atoms with Gasteiger partial charge in [0.1, 0.15) is 6.04 Å². The van der Waals surface area contributed by atoms with Gasteiger partial charge in [-0.2, -0.15) is 0 Å². The van der Waals surface area contributed by atoms with Crippen LogP contribution in [0.4, 0.5) is 4.79 Å². The van der Waals surface area contributed by atoms with E-state index in [1.54, 1.807) is 11.3 Å². The van der Waals surface area contributed by atoms with Crippen molar-refractivity contribution in [3.05, 3.63) is 29.3 Å². The molecule has 0 spiro atoms. The van der Waals surface area contributed by atoms with Crippen molar-refractivity contribution in [3.8, 4) is 0 Å². The first kappa shape index (κ1) is 15.5. The van der Waals surface area contributed by atoms with Crippen LogP contribution in [0.1, 0.15) is 30.3 Å². The van der Waals surface area contributed by atoms with E-state index in [0.717, 1.165) is 29.9 Å². The maximum absolute atomic E-state index is 12.5. The second-order valence-electron chi connectivity index (χ2n) is 6.43. The molecule has 2 aliphatic heterocycles. The van der Waals surface area contributed by atoms with Crippen LogP contribution in [-0.4, -0.2) is 48.0 Å². The van der Waals surface area contributed by atoms with Crippen LogP contribution in [0.15, 0.2) is 24.3 Å². The molecule has 3 amide bonds. The summed E-state index contributed by atoms with van der Waals surface area (Å²) in [5.74, 6) is -0.0759. The molecular formula is C17H21N4O2S+. The summed E-state index contributed by atoms with van der Waals surface area (Å²) in [7, 11) is 0. The summed E-state index contributed by atoms with van der Waals surface area (Å²) in [6.07, 6.45) is 3.34. The zero-order chi connectivity index (χ0) is 16.5. The number of hydrogen-bond donors (Lipinski definition) is 2. The van der Waals surface area contributed by atoms with Gasteiger partial charge in [-0.25, -0.2) is 9.78 Å². The van der Waals surface area contributed by atoms with Crippen molar-refractivity contribution in [2.45, 2.75) is 25.3 Å².